The number of likely N-dealkylation sites (tertiary alicyclic amines) is 1. The third kappa shape index (κ3) is 2.66. The molecule has 2 aromatic carbocycles. The van der Waals surface area contributed by atoms with Crippen molar-refractivity contribution < 1.29 is 13.6 Å². The highest BCUT2D eigenvalue weighted by atomic mass is 19.1. The fourth-order valence-corrected chi connectivity index (χ4v) is 2.84. The van der Waals surface area contributed by atoms with E-state index in [1.165, 1.54) is 30.3 Å². The van der Waals surface area contributed by atoms with Crippen molar-refractivity contribution in [3.05, 3.63) is 71.3 Å². The lowest BCUT2D eigenvalue weighted by molar-refractivity contribution is 0.0733. The van der Waals surface area contributed by atoms with Crippen LogP contribution in [0.1, 0.15) is 34.8 Å². The molecule has 0 bridgehead atoms. The molecule has 1 amide bonds. The molecule has 0 aromatic heterocycles. The zero-order chi connectivity index (χ0) is 14.8. The van der Waals surface area contributed by atoms with E-state index in [1.807, 2.05) is 0 Å². The zero-order valence-electron chi connectivity index (χ0n) is 11.4. The molecule has 1 aliphatic rings. The summed E-state index contributed by atoms with van der Waals surface area (Å²) in [4.78, 5) is 14.2. The van der Waals surface area contributed by atoms with Gasteiger partial charge in [0.25, 0.3) is 5.91 Å². The van der Waals surface area contributed by atoms with Gasteiger partial charge < -0.3 is 4.90 Å². The number of carbonyl (C=O) groups excluding carboxylic acids is 1. The second-order valence-corrected chi connectivity index (χ2v) is 5.18. The van der Waals surface area contributed by atoms with Crippen LogP contribution in [0.5, 0.6) is 0 Å². The van der Waals surface area contributed by atoms with E-state index < -0.39 is 0 Å². The molecule has 4 heteroatoms. The molecule has 1 saturated heterocycles. The van der Waals surface area contributed by atoms with Crippen molar-refractivity contribution in [3.63, 3.8) is 0 Å². The van der Waals surface area contributed by atoms with Gasteiger partial charge in [-0.3, -0.25) is 4.79 Å². The fourth-order valence-electron chi connectivity index (χ4n) is 2.84. The second kappa shape index (κ2) is 5.64. The molecule has 2 nitrogen and oxygen atoms in total. The van der Waals surface area contributed by atoms with Crippen molar-refractivity contribution in [1.82, 2.24) is 4.90 Å². The monoisotopic (exact) mass is 287 g/mol. The Bertz CT molecular complexity index is 654. The molecule has 1 heterocycles. The van der Waals surface area contributed by atoms with Crippen LogP contribution in [-0.2, 0) is 0 Å². The molecular weight excluding hydrogens is 272 g/mol. The predicted molar refractivity (Wildman–Crippen MR) is 75.8 cm³/mol. The van der Waals surface area contributed by atoms with E-state index in [9.17, 15) is 13.6 Å². The van der Waals surface area contributed by atoms with Gasteiger partial charge in [-0.1, -0.05) is 18.2 Å². The minimum absolute atomic E-state index is 0.180. The lowest BCUT2D eigenvalue weighted by Crippen LogP contribution is -2.31. The van der Waals surface area contributed by atoms with Crippen LogP contribution in [0, 0.1) is 11.6 Å². The summed E-state index contributed by atoms with van der Waals surface area (Å²) in [5, 5.41) is 0. The van der Waals surface area contributed by atoms with Gasteiger partial charge in [-0.15, -0.1) is 0 Å². The summed E-state index contributed by atoms with van der Waals surface area (Å²) >= 11 is 0. The molecular formula is C17H15F2NO. The molecule has 0 saturated carbocycles. The van der Waals surface area contributed by atoms with Gasteiger partial charge in [0.15, 0.2) is 0 Å². The quantitative estimate of drug-likeness (QED) is 0.819. The fraction of sp³-hybridized carbons (Fsp3) is 0.235. The molecule has 0 radical (unpaired) electrons. The summed E-state index contributed by atoms with van der Waals surface area (Å²) in [5.41, 5.74) is 0.977. The third-order valence-electron chi connectivity index (χ3n) is 3.87. The standard InChI is InChI=1S/C17H15F2NO/c18-13-9-7-12(8-10-13)17(21)20-11-3-6-16(20)14-4-1-2-5-15(14)19/h1-2,4-5,7-10,16H,3,6,11H2/t16-/m1/s1. The van der Waals surface area contributed by atoms with Crippen LogP contribution in [-0.4, -0.2) is 17.4 Å². The summed E-state index contributed by atoms with van der Waals surface area (Å²) in [5.74, 6) is -0.847. The number of halogens is 2. The largest absolute Gasteiger partial charge is 0.331 e. The topological polar surface area (TPSA) is 20.3 Å². The molecule has 0 unspecified atom stereocenters. The highest BCUT2D eigenvalue weighted by Gasteiger charge is 2.31. The average molecular weight is 287 g/mol. The SMILES string of the molecule is O=C(c1ccc(F)cc1)N1CCC[C@@H]1c1ccccc1F. The Labute approximate surface area is 122 Å². The van der Waals surface area contributed by atoms with Crippen LogP contribution in [0.4, 0.5) is 8.78 Å². The summed E-state index contributed by atoms with van der Waals surface area (Å²) in [6.45, 7) is 0.592. The summed E-state index contributed by atoms with van der Waals surface area (Å²) in [6.07, 6.45) is 1.58. The molecule has 0 spiro atoms. The van der Waals surface area contributed by atoms with Gasteiger partial charge in [-0.2, -0.15) is 0 Å². The average Bonchev–Trinajstić information content (AvgIpc) is 2.97. The molecule has 0 N–H and O–H groups in total. The molecule has 1 atom stereocenters. The molecule has 2 aromatic rings. The lowest BCUT2D eigenvalue weighted by atomic mass is 10.0. The predicted octanol–water partition coefficient (Wildman–Crippen LogP) is 3.94. The van der Waals surface area contributed by atoms with Gasteiger partial charge in [0, 0.05) is 17.7 Å². The second-order valence-electron chi connectivity index (χ2n) is 5.18. The Kier molecular flexibility index (Phi) is 3.69. The highest BCUT2D eigenvalue weighted by Crippen LogP contribution is 2.34. The normalized spacial score (nSPS) is 18.0. The Morgan fingerprint density at radius 2 is 1.76 bits per heavy atom. The number of amides is 1. The van der Waals surface area contributed by atoms with E-state index in [1.54, 1.807) is 23.1 Å². The minimum Gasteiger partial charge on any atom is -0.331 e. The maximum atomic E-state index is 13.9. The molecule has 21 heavy (non-hydrogen) atoms. The van der Waals surface area contributed by atoms with Crippen molar-refractivity contribution in [2.75, 3.05) is 6.54 Å². The van der Waals surface area contributed by atoms with Gasteiger partial charge in [0.1, 0.15) is 11.6 Å². The van der Waals surface area contributed by atoms with Crippen LogP contribution in [0.15, 0.2) is 48.5 Å². The number of carbonyl (C=O) groups is 1. The molecule has 3 rings (SSSR count). The number of hydrogen-bond acceptors (Lipinski definition) is 1. The highest BCUT2D eigenvalue weighted by molar-refractivity contribution is 5.94. The van der Waals surface area contributed by atoms with Crippen LogP contribution in [0.25, 0.3) is 0 Å². The Hall–Kier alpha value is -2.23. The minimum atomic E-state index is -0.376. The number of benzene rings is 2. The van der Waals surface area contributed by atoms with Gasteiger partial charge in [-0.25, -0.2) is 8.78 Å². The van der Waals surface area contributed by atoms with Crippen molar-refractivity contribution in [1.29, 1.82) is 0 Å². The van der Waals surface area contributed by atoms with E-state index in [0.29, 0.717) is 17.7 Å². The molecule has 1 fully saturated rings. The maximum Gasteiger partial charge on any atom is 0.254 e. The lowest BCUT2D eigenvalue weighted by Gasteiger charge is -2.25. The molecule has 1 aliphatic heterocycles. The Balaban J connectivity index is 1.89. The maximum absolute atomic E-state index is 13.9. The van der Waals surface area contributed by atoms with Crippen molar-refractivity contribution in [2.45, 2.75) is 18.9 Å². The number of hydrogen-bond donors (Lipinski definition) is 0. The van der Waals surface area contributed by atoms with Crippen molar-refractivity contribution in [3.8, 4) is 0 Å². The van der Waals surface area contributed by atoms with Crippen LogP contribution in [0.3, 0.4) is 0 Å². The first kappa shape index (κ1) is 13.7. The first-order valence-electron chi connectivity index (χ1n) is 6.98. The first-order valence-corrected chi connectivity index (χ1v) is 6.98. The number of nitrogens with zero attached hydrogens (tertiary/aromatic N) is 1. The summed E-state index contributed by atoms with van der Waals surface area (Å²) < 4.78 is 26.9. The van der Waals surface area contributed by atoms with Crippen LogP contribution in [0.2, 0.25) is 0 Å². The van der Waals surface area contributed by atoms with E-state index >= 15 is 0 Å². The first-order chi connectivity index (χ1) is 10.2. The van der Waals surface area contributed by atoms with Crippen molar-refractivity contribution >= 4 is 5.91 Å². The molecule has 108 valence electrons. The van der Waals surface area contributed by atoms with Crippen LogP contribution < -0.4 is 0 Å². The zero-order valence-corrected chi connectivity index (χ0v) is 11.4. The number of rotatable bonds is 2. The van der Waals surface area contributed by atoms with Gasteiger partial charge >= 0.3 is 0 Å². The smallest absolute Gasteiger partial charge is 0.254 e. The van der Waals surface area contributed by atoms with Gasteiger partial charge in [0.05, 0.1) is 6.04 Å². The van der Waals surface area contributed by atoms with E-state index in [2.05, 4.69) is 0 Å². The molecule has 0 aliphatic carbocycles. The van der Waals surface area contributed by atoms with E-state index in [0.717, 1.165) is 12.8 Å². The summed E-state index contributed by atoms with van der Waals surface area (Å²) in [6, 6.07) is 11.8. The Morgan fingerprint density at radius 3 is 2.48 bits per heavy atom. The van der Waals surface area contributed by atoms with Gasteiger partial charge in [0.2, 0.25) is 0 Å². The summed E-state index contributed by atoms with van der Waals surface area (Å²) in [7, 11) is 0. The van der Waals surface area contributed by atoms with Crippen molar-refractivity contribution in [2.24, 2.45) is 0 Å². The third-order valence-corrected chi connectivity index (χ3v) is 3.87. The van der Waals surface area contributed by atoms with E-state index in [-0.39, 0.29) is 23.6 Å². The van der Waals surface area contributed by atoms with Crippen LogP contribution >= 0.6 is 0 Å². The van der Waals surface area contributed by atoms with Gasteiger partial charge in [-0.05, 0) is 43.2 Å². The van der Waals surface area contributed by atoms with E-state index in [4.69, 9.17) is 0 Å². The Morgan fingerprint density at radius 1 is 1.05 bits per heavy atom.